The van der Waals surface area contributed by atoms with Gasteiger partial charge in [0.2, 0.25) is 0 Å². The van der Waals surface area contributed by atoms with Gasteiger partial charge in [-0.1, -0.05) is 12.1 Å². The lowest BCUT2D eigenvalue weighted by Crippen LogP contribution is -2.53. The topological polar surface area (TPSA) is 76.1 Å². The lowest BCUT2D eigenvalue weighted by Gasteiger charge is -2.35. The molecule has 1 N–H and O–H groups in total. The van der Waals surface area contributed by atoms with Crippen LogP contribution in [0.2, 0.25) is 0 Å². The molecule has 0 aromatic heterocycles. The first-order valence-corrected chi connectivity index (χ1v) is 6.59. The number of fused-ring (bicyclic) bond motifs is 3. The number of ether oxygens (including phenoxy) is 2. The van der Waals surface area contributed by atoms with Crippen LogP contribution in [0.25, 0.3) is 0 Å². The molecule has 0 saturated carbocycles. The maximum absolute atomic E-state index is 12.4. The summed E-state index contributed by atoms with van der Waals surface area (Å²) in [6, 6.07) is 6.27. The number of aliphatic hydroxyl groups is 1. The van der Waals surface area contributed by atoms with E-state index in [0.717, 1.165) is 0 Å². The smallest absolute Gasteiger partial charge is 0.261 e. The highest BCUT2D eigenvalue weighted by atomic mass is 16.7. The third-order valence-electron chi connectivity index (χ3n) is 4.12. The van der Waals surface area contributed by atoms with Crippen molar-refractivity contribution in [2.45, 2.75) is 31.0 Å². The van der Waals surface area contributed by atoms with Gasteiger partial charge in [0.15, 0.2) is 6.29 Å². The Bertz CT molecular complexity index is 566. The molecule has 3 heterocycles. The van der Waals surface area contributed by atoms with Crippen molar-refractivity contribution < 1.29 is 24.2 Å². The van der Waals surface area contributed by atoms with Crippen LogP contribution in [-0.4, -0.2) is 53.0 Å². The SMILES string of the molecule is O=C1c2ccccc2C(=O)N1[C@@H]1C[C@@H](O)[C@@H]2OC[C@@H]1O2. The first-order valence-electron chi connectivity index (χ1n) is 6.59. The number of hydrogen-bond acceptors (Lipinski definition) is 5. The predicted molar refractivity (Wildman–Crippen MR) is 66.0 cm³/mol. The average Bonchev–Trinajstić information content (AvgIpc) is 2.99. The highest BCUT2D eigenvalue weighted by molar-refractivity contribution is 6.21. The van der Waals surface area contributed by atoms with Gasteiger partial charge in [-0.2, -0.15) is 0 Å². The van der Waals surface area contributed by atoms with Crippen molar-refractivity contribution in [3.63, 3.8) is 0 Å². The standard InChI is InChI=1S/C14H13NO5/c16-10-5-9(11-6-19-14(10)20-11)15-12(17)7-3-1-2-4-8(7)13(15)18/h1-4,9-11,14,16H,5-6H2/t9-,10-,11+,14-/m1/s1. The Hall–Kier alpha value is -1.76. The van der Waals surface area contributed by atoms with Crippen LogP contribution in [0.3, 0.4) is 0 Å². The van der Waals surface area contributed by atoms with E-state index >= 15 is 0 Å². The number of hydrogen-bond donors (Lipinski definition) is 1. The Balaban J connectivity index is 1.70. The fourth-order valence-corrected chi connectivity index (χ4v) is 3.14. The molecular weight excluding hydrogens is 262 g/mol. The largest absolute Gasteiger partial charge is 0.388 e. The van der Waals surface area contributed by atoms with E-state index in [2.05, 4.69) is 0 Å². The molecule has 104 valence electrons. The molecule has 1 aromatic carbocycles. The summed E-state index contributed by atoms with van der Waals surface area (Å²) in [5.41, 5.74) is 0.820. The van der Waals surface area contributed by atoms with Gasteiger partial charge in [-0.15, -0.1) is 0 Å². The summed E-state index contributed by atoms with van der Waals surface area (Å²) in [6.07, 6.45) is -1.51. The molecule has 0 unspecified atom stereocenters. The van der Waals surface area contributed by atoms with Crippen LogP contribution >= 0.6 is 0 Å². The Labute approximate surface area is 114 Å². The first-order chi connectivity index (χ1) is 9.66. The van der Waals surface area contributed by atoms with Crippen LogP contribution < -0.4 is 0 Å². The minimum Gasteiger partial charge on any atom is -0.388 e. The molecule has 4 rings (SSSR count). The third kappa shape index (κ3) is 1.49. The second kappa shape index (κ2) is 4.12. The van der Waals surface area contributed by atoms with Gasteiger partial charge >= 0.3 is 0 Å². The maximum atomic E-state index is 12.4. The lowest BCUT2D eigenvalue weighted by molar-refractivity contribution is -0.166. The van der Waals surface area contributed by atoms with Gasteiger partial charge in [-0.3, -0.25) is 14.5 Å². The molecule has 20 heavy (non-hydrogen) atoms. The van der Waals surface area contributed by atoms with Crippen LogP contribution in [0.5, 0.6) is 0 Å². The molecule has 6 heteroatoms. The highest BCUT2D eigenvalue weighted by Gasteiger charge is 2.50. The molecule has 1 aromatic rings. The summed E-state index contributed by atoms with van der Waals surface area (Å²) in [7, 11) is 0. The fourth-order valence-electron chi connectivity index (χ4n) is 3.14. The Kier molecular flexibility index (Phi) is 2.47. The van der Waals surface area contributed by atoms with E-state index in [1.807, 2.05) is 0 Å². The quantitative estimate of drug-likeness (QED) is 0.739. The summed E-state index contributed by atoms with van der Waals surface area (Å²) in [5, 5.41) is 9.92. The third-order valence-corrected chi connectivity index (χ3v) is 4.12. The summed E-state index contributed by atoms with van der Waals surface area (Å²) < 4.78 is 10.8. The van der Waals surface area contributed by atoms with Crippen LogP contribution in [0, 0.1) is 0 Å². The summed E-state index contributed by atoms with van der Waals surface area (Å²) >= 11 is 0. The van der Waals surface area contributed by atoms with E-state index in [-0.39, 0.29) is 17.9 Å². The zero-order chi connectivity index (χ0) is 13.9. The lowest BCUT2D eigenvalue weighted by atomic mass is 10.00. The van der Waals surface area contributed by atoms with Crippen molar-refractivity contribution in [3.05, 3.63) is 35.4 Å². The molecule has 2 amide bonds. The van der Waals surface area contributed by atoms with Crippen LogP contribution in [0.1, 0.15) is 27.1 Å². The number of benzene rings is 1. The zero-order valence-electron chi connectivity index (χ0n) is 10.6. The van der Waals surface area contributed by atoms with Gasteiger partial charge in [0, 0.05) is 6.42 Å². The number of carbonyl (C=O) groups excluding carboxylic acids is 2. The Morgan fingerprint density at radius 3 is 2.45 bits per heavy atom. The molecule has 2 fully saturated rings. The molecule has 2 saturated heterocycles. The monoisotopic (exact) mass is 275 g/mol. The van der Waals surface area contributed by atoms with Crippen LogP contribution in [0.4, 0.5) is 0 Å². The van der Waals surface area contributed by atoms with E-state index in [9.17, 15) is 14.7 Å². The second-order valence-electron chi connectivity index (χ2n) is 5.27. The van der Waals surface area contributed by atoms with Gasteiger partial charge in [0.1, 0.15) is 12.2 Å². The number of amides is 2. The van der Waals surface area contributed by atoms with Crippen molar-refractivity contribution in [2.24, 2.45) is 0 Å². The Morgan fingerprint density at radius 2 is 1.80 bits per heavy atom. The normalized spacial score (nSPS) is 35.5. The molecular formula is C14H13NO5. The molecule has 2 bridgehead atoms. The first kappa shape index (κ1) is 12.0. The van der Waals surface area contributed by atoms with E-state index in [1.165, 1.54) is 4.90 Å². The van der Waals surface area contributed by atoms with Gasteiger partial charge in [-0.05, 0) is 12.1 Å². The molecule has 3 aliphatic heterocycles. The number of imide groups is 1. The minimum absolute atomic E-state index is 0.291. The van der Waals surface area contributed by atoms with Crippen LogP contribution in [0.15, 0.2) is 24.3 Å². The summed E-state index contributed by atoms with van der Waals surface area (Å²) in [4.78, 5) is 26.0. The molecule has 0 aliphatic carbocycles. The maximum Gasteiger partial charge on any atom is 0.261 e. The summed E-state index contributed by atoms with van der Waals surface area (Å²) in [5.74, 6) is -0.645. The average molecular weight is 275 g/mol. The molecule has 0 radical (unpaired) electrons. The Morgan fingerprint density at radius 1 is 1.15 bits per heavy atom. The van der Waals surface area contributed by atoms with E-state index in [0.29, 0.717) is 24.2 Å². The fraction of sp³-hybridized carbons (Fsp3) is 0.429. The van der Waals surface area contributed by atoms with Gasteiger partial charge in [0.25, 0.3) is 11.8 Å². The van der Waals surface area contributed by atoms with E-state index in [1.54, 1.807) is 24.3 Å². The number of nitrogens with zero attached hydrogens (tertiary/aromatic N) is 1. The van der Waals surface area contributed by atoms with Gasteiger partial charge in [-0.25, -0.2) is 0 Å². The molecule has 4 atom stereocenters. The molecule has 6 nitrogen and oxygen atoms in total. The van der Waals surface area contributed by atoms with Crippen molar-refractivity contribution >= 4 is 11.8 Å². The minimum atomic E-state index is -0.817. The van der Waals surface area contributed by atoms with E-state index < -0.39 is 18.4 Å². The number of carbonyl (C=O) groups is 2. The number of rotatable bonds is 1. The van der Waals surface area contributed by atoms with Crippen LogP contribution in [-0.2, 0) is 9.47 Å². The highest BCUT2D eigenvalue weighted by Crippen LogP contribution is 2.35. The van der Waals surface area contributed by atoms with Gasteiger partial charge < -0.3 is 14.6 Å². The summed E-state index contributed by atoms with van der Waals surface area (Å²) in [6.45, 7) is 0.291. The zero-order valence-corrected chi connectivity index (χ0v) is 10.6. The molecule has 3 aliphatic rings. The van der Waals surface area contributed by atoms with Crippen molar-refractivity contribution in [1.82, 2.24) is 4.90 Å². The van der Waals surface area contributed by atoms with Gasteiger partial charge in [0.05, 0.1) is 23.8 Å². The van der Waals surface area contributed by atoms with E-state index in [4.69, 9.17) is 9.47 Å². The van der Waals surface area contributed by atoms with Crippen molar-refractivity contribution in [3.8, 4) is 0 Å². The number of aliphatic hydroxyl groups excluding tert-OH is 1. The van der Waals surface area contributed by atoms with Crippen molar-refractivity contribution in [1.29, 1.82) is 0 Å². The predicted octanol–water partition coefficient (Wildman–Crippen LogP) is 0.157. The second-order valence-corrected chi connectivity index (χ2v) is 5.27. The molecule has 0 spiro atoms. The van der Waals surface area contributed by atoms with Crippen molar-refractivity contribution in [2.75, 3.05) is 6.61 Å².